The lowest BCUT2D eigenvalue weighted by atomic mass is 10.0. The molecule has 0 saturated heterocycles. The van der Waals surface area contributed by atoms with Gasteiger partial charge in [-0.15, -0.1) is 0 Å². The maximum atomic E-state index is 13.1. The van der Waals surface area contributed by atoms with E-state index in [1.54, 1.807) is 6.21 Å². The maximum Gasteiger partial charge on any atom is 0.272 e. The van der Waals surface area contributed by atoms with Crippen molar-refractivity contribution in [2.45, 2.75) is 6.92 Å². The smallest absolute Gasteiger partial charge is 0.272 e. The van der Waals surface area contributed by atoms with Gasteiger partial charge in [-0.05, 0) is 43.3 Å². The van der Waals surface area contributed by atoms with Crippen LogP contribution in [0.3, 0.4) is 0 Å². The van der Waals surface area contributed by atoms with Gasteiger partial charge in [0.25, 0.3) is 5.91 Å². The van der Waals surface area contributed by atoms with Crippen molar-refractivity contribution >= 4 is 49.9 Å². The molecule has 0 radical (unpaired) electrons. The normalized spacial score (nSPS) is 11.4. The highest BCUT2D eigenvalue weighted by Crippen LogP contribution is 2.27. The molecule has 0 bridgehead atoms. The number of amides is 1. The van der Waals surface area contributed by atoms with E-state index >= 15 is 0 Å². The van der Waals surface area contributed by atoms with Crippen LogP contribution in [0, 0.1) is 6.92 Å². The van der Waals surface area contributed by atoms with Crippen LogP contribution in [0.25, 0.3) is 33.1 Å². The van der Waals surface area contributed by atoms with Gasteiger partial charge in [0, 0.05) is 38.1 Å². The summed E-state index contributed by atoms with van der Waals surface area (Å²) in [4.78, 5) is 21.1. The number of hydrogen-bond acceptors (Lipinski definition) is 3. The summed E-state index contributed by atoms with van der Waals surface area (Å²) in [5.74, 6) is -0.280. The Morgan fingerprint density at radius 2 is 1.84 bits per heavy atom. The molecule has 0 aliphatic heterocycles. The zero-order valence-corrected chi connectivity index (χ0v) is 18.8. The molecular formula is C26H19BrN4O. The third-order valence-corrected chi connectivity index (χ3v) is 5.87. The SMILES string of the molecule is Cc1ccc2nc(-c3ccc(Br)cc3)cc(C(=O)N/N=C/c3c[nH]c4ccccc34)c2c1. The van der Waals surface area contributed by atoms with Crippen LogP contribution in [0.15, 0.2) is 88.6 Å². The van der Waals surface area contributed by atoms with Crippen LogP contribution < -0.4 is 5.43 Å². The lowest BCUT2D eigenvalue weighted by Gasteiger charge is -2.10. The summed E-state index contributed by atoms with van der Waals surface area (Å²) in [6.45, 7) is 2.00. The molecule has 5 rings (SSSR count). The van der Waals surface area contributed by atoms with Crippen LogP contribution in [0.4, 0.5) is 0 Å². The summed E-state index contributed by atoms with van der Waals surface area (Å²) in [5.41, 5.74) is 8.65. The average molecular weight is 483 g/mol. The minimum atomic E-state index is -0.280. The Labute approximate surface area is 193 Å². The number of aryl methyl sites for hydroxylation is 1. The topological polar surface area (TPSA) is 70.1 Å². The number of nitrogens with zero attached hydrogens (tertiary/aromatic N) is 2. The Balaban J connectivity index is 1.50. The zero-order chi connectivity index (χ0) is 22.1. The lowest BCUT2D eigenvalue weighted by Crippen LogP contribution is -2.18. The maximum absolute atomic E-state index is 13.1. The standard InChI is InChI=1S/C26H19BrN4O/c1-16-6-11-24-21(12-16)22(13-25(30-24)17-7-9-19(27)10-8-17)26(32)31-29-15-18-14-28-23-5-3-2-4-20(18)23/h2-15,28H,1H3,(H,31,32)/b29-15+. The molecule has 1 amide bonds. The number of nitrogens with one attached hydrogen (secondary N) is 2. The van der Waals surface area contributed by atoms with E-state index in [4.69, 9.17) is 4.98 Å². The van der Waals surface area contributed by atoms with E-state index in [0.29, 0.717) is 5.56 Å². The Kier molecular flexibility index (Phi) is 5.29. The van der Waals surface area contributed by atoms with Gasteiger partial charge in [-0.3, -0.25) is 4.79 Å². The Morgan fingerprint density at radius 1 is 1.03 bits per heavy atom. The Bertz CT molecular complexity index is 1490. The highest BCUT2D eigenvalue weighted by molar-refractivity contribution is 9.10. The predicted octanol–water partition coefficient (Wildman–Crippen LogP) is 6.22. The van der Waals surface area contributed by atoms with Gasteiger partial charge in [-0.2, -0.15) is 5.10 Å². The molecule has 0 fully saturated rings. The minimum absolute atomic E-state index is 0.280. The van der Waals surface area contributed by atoms with Crippen molar-refractivity contribution in [1.82, 2.24) is 15.4 Å². The first-order chi connectivity index (χ1) is 15.6. The number of H-pyrrole nitrogens is 1. The number of aromatic amines is 1. The molecule has 0 saturated carbocycles. The third-order valence-electron chi connectivity index (χ3n) is 5.34. The second kappa shape index (κ2) is 8.40. The van der Waals surface area contributed by atoms with Gasteiger partial charge in [-0.25, -0.2) is 10.4 Å². The summed E-state index contributed by atoms with van der Waals surface area (Å²) >= 11 is 3.46. The molecule has 0 unspecified atom stereocenters. The van der Waals surface area contributed by atoms with Crippen LogP contribution in [-0.2, 0) is 0 Å². The quantitative estimate of drug-likeness (QED) is 0.236. The number of hydrogen-bond donors (Lipinski definition) is 2. The van der Waals surface area contributed by atoms with Crippen molar-refractivity contribution in [1.29, 1.82) is 0 Å². The summed E-state index contributed by atoms with van der Waals surface area (Å²) in [6, 6.07) is 23.6. The highest BCUT2D eigenvalue weighted by Gasteiger charge is 2.14. The first-order valence-corrected chi connectivity index (χ1v) is 10.9. The number of pyridine rings is 1. The second-order valence-electron chi connectivity index (χ2n) is 7.57. The van der Waals surface area contributed by atoms with Crippen molar-refractivity contribution in [2.24, 2.45) is 5.10 Å². The largest absolute Gasteiger partial charge is 0.361 e. The van der Waals surface area contributed by atoms with E-state index in [-0.39, 0.29) is 5.91 Å². The zero-order valence-electron chi connectivity index (χ0n) is 17.3. The molecule has 0 aliphatic rings. The average Bonchev–Trinajstić information content (AvgIpc) is 3.22. The molecule has 5 aromatic rings. The number of para-hydroxylation sites is 1. The van der Waals surface area contributed by atoms with Crippen LogP contribution >= 0.6 is 15.9 Å². The molecular weight excluding hydrogens is 464 g/mol. The van der Waals surface area contributed by atoms with Crippen LogP contribution in [0.5, 0.6) is 0 Å². The number of aromatic nitrogens is 2. The van der Waals surface area contributed by atoms with Crippen LogP contribution in [0.1, 0.15) is 21.5 Å². The van der Waals surface area contributed by atoms with Crippen molar-refractivity contribution in [3.8, 4) is 11.3 Å². The van der Waals surface area contributed by atoms with E-state index in [1.807, 2.05) is 85.9 Å². The van der Waals surface area contributed by atoms with E-state index < -0.39 is 0 Å². The second-order valence-corrected chi connectivity index (χ2v) is 8.49. The molecule has 0 atom stereocenters. The van der Waals surface area contributed by atoms with E-state index in [2.05, 4.69) is 31.4 Å². The molecule has 2 N–H and O–H groups in total. The fourth-order valence-electron chi connectivity index (χ4n) is 3.72. The van der Waals surface area contributed by atoms with Gasteiger partial charge in [0.2, 0.25) is 0 Å². The molecule has 32 heavy (non-hydrogen) atoms. The fraction of sp³-hybridized carbons (Fsp3) is 0.0385. The van der Waals surface area contributed by atoms with E-state index in [1.165, 1.54) is 0 Å². The lowest BCUT2D eigenvalue weighted by molar-refractivity contribution is 0.0956. The van der Waals surface area contributed by atoms with Crippen molar-refractivity contribution in [3.63, 3.8) is 0 Å². The van der Waals surface area contributed by atoms with Gasteiger partial charge in [0.1, 0.15) is 0 Å². The summed E-state index contributed by atoms with van der Waals surface area (Å²) in [7, 11) is 0. The monoisotopic (exact) mass is 482 g/mol. The summed E-state index contributed by atoms with van der Waals surface area (Å²) < 4.78 is 0.988. The molecule has 3 aromatic carbocycles. The molecule has 2 aromatic heterocycles. The molecule has 5 nitrogen and oxygen atoms in total. The molecule has 0 aliphatic carbocycles. The van der Waals surface area contributed by atoms with E-state index in [0.717, 1.165) is 48.7 Å². The van der Waals surface area contributed by atoms with Crippen molar-refractivity contribution < 1.29 is 4.79 Å². The van der Waals surface area contributed by atoms with E-state index in [9.17, 15) is 4.79 Å². The molecule has 6 heteroatoms. The van der Waals surface area contributed by atoms with Crippen LogP contribution in [-0.4, -0.2) is 22.1 Å². The molecule has 2 heterocycles. The number of hydrazone groups is 1. The van der Waals surface area contributed by atoms with Crippen molar-refractivity contribution in [2.75, 3.05) is 0 Å². The first kappa shape index (κ1) is 20.2. The van der Waals surface area contributed by atoms with Gasteiger partial charge in [0.15, 0.2) is 0 Å². The third kappa shape index (κ3) is 3.92. The summed E-state index contributed by atoms with van der Waals surface area (Å²) in [5, 5.41) is 6.06. The highest BCUT2D eigenvalue weighted by atomic mass is 79.9. The molecule has 0 spiro atoms. The number of fused-ring (bicyclic) bond motifs is 2. The van der Waals surface area contributed by atoms with Gasteiger partial charge in [0.05, 0.1) is 23.0 Å². The predicted molar refractivity (Wildman–Crippen MR) is 133 cm³/mol. The molecule has 156 valence electrons. The minimum Gasteiger partial charge on any atom is -0.361 e. The number of benzene rings is 3. The Hall–Kier alpha value is -3.77. The fourth-order valence-corrected chi connectivity index (χ4v) is 3.98. The number of carbonyl (C=O) groups excluding carboxylic acids is 1. The number of carbonyl (C=O) groups is 1. The van der Waals surface area contributed by atoms with Gasteiger partial charge in [-0.1, -0.05) is 57.9 Å². The van der Waals surface area contributed by atoms with Gasteiger partial charge < -0.3 is 4.98 Å². The number of halogens is 1. The number of rotatable bonds is 4. The first-order valence-electron chi connectivity index (χ1n) is 10.2. The Morgan fingerprint density at radius 3 is 2.69 bits per heavy atom. The van der Waals surface area contributed by atoms with Crippen LogP contribution in [0.2, 0.25) is 0 Å². The van der Waals surface area contributed by atoms with Gasteiger partial charge >= 0.3 is 0 Å². The summed E-state index contributed by atoms with van der Waals surface area (Å²) in [6.07, 6.45) is 3.53. The van der Waals surface area contributed by atoms with Crippen molar-refractivity contribution in [3.05, 3.63) is 100 Å².